The minimum absolute atomic E-state index is 0.0818. The third-order valence-electron chi connectivity index (χ3n) is 3.78. The topological polar surface area (TPSA) is 73.3 Å². The van der Waals surface area contributed by atoms with Crippen LogP contribution in [0.1, 0.15) is 11.3 Å². The van der Waals surface area contributed by atoms with E-state index in [1.807, 2.05) is 35.7 Å². The molecular formula is C18H15N3O3S. The number of thiophene rings is 1. The van der Waals surface area contributed by atoms with E-state index >= 15 is 0 Å². The third-order valence-corrected chi connectivity index (χ3v) is 4.66. The van der Waals surface area contributed by atoms with Crippen LogP contribution >= 0.6 is 11.3 Å². The van der Waals surface area contributed by atoms with E-state index in [1.165, 1.54) is 0 Å². The molecule has 0 bridgehead atoms. The molecule has 1 aromatic carbocycles. The SMILES string of the molecule is O=C(Cc1ccc2c(c1)OCO2)NCc1nccnc1-c1cccs1. The lowest BCUT2D eigenvalue weighted by Crippen LogP contribution is -2.25. The van der Waals surface area contributed by atoms with Gasteiger partial charge >= 0.3 is 0 Å². The van der Waals surface area contributed by atoms with Gasteiger partial charge in [0, 0.05) is 12.4 Å². The second kappa shape index (κ2) is 6.90. The monoisotopic (exact) mass is 353 g/mol. The van der Waals surface area contributed by atoms with Gasteiger partial charge in [-0.25, -0.2) is 0 Å². The minimum Gasteiger partial charge on any atom is -0.454 e. The van der Waals surface area contributed by atoms with Crippen molar-refractivity contribution in [3.8, 4) is 22.1 Å². The first-order valence-electron chi connectivity index (χ1n) is 7.78. The fourth-order valence-electron chi connectivity index (χ4n) is 2.60. The molecule has 0 fully saturated rings. The zero-order chi connectivity index (χ0) is 17.1. The molecule has 0 unspecified atom stereocenters. The largest absolute Gasteiger partial charge is 0.454 e. The van der Waals surface area contributed by atoms with E-state index in [1.54, 1.807) is 23.7 Å². The predicted octanol–water partition coefficient (Wildman–Crippen LogP) is 2.79. The Morgan fingerprint density at radius 2 is 2.04 bits per heavy atom. The number of hydrogen-bond acceptors (Lipinski definition) is 6. The van der Waals surface area contributed by atoms with Gasteiger partial charge in [0.2, 0.25) is 12.7 Å². The quantitative estimate of drug-likeness (QED) is 0.763. The van der Waals surface area contributed by atoms with Crippen molar-refractivity contribution in [2.24, 2.45) is 0 Å². The van der Waals surface area contributed by atoms with Crippen molar-refractivity contribution in [3.05, 3.63) is 59.4 Å². The molecule has 126 valence electrons. The van der Waals surface area contributed by atoms with Crippen LogP contribution in [0.4, 0.5) is 0 Å². The lowest BCUT2D eigenvalue weighted by molar-refractivity contribution is -0.120. The number of carbonyl (C=O) groups excluding carboxylic acids is 1. The summed E-state index contributed by atoms with van der Waals surface area (Å²) in [5, 5.41) is 4.90. The normalized spacial score (nSPS) is 12.2. The molecule has 1 aliphatic rings. The molecule has 0 spiro atoms. The Kier molecular flexibility index (Phi) is 4.30. The second-order valence-electron chi connectivity index (χ2n) is 5.47. The number of aromatic nitrogens is 2. The van der Waals surface area contributed by atoms with Gasteiger partial charge in [-0.1, -0.05) is 12.1 Å². The van der Waals surface area contributed by atoms with Gasteiger partial charge in [0.05, 0.1) is 23.5 Å². The summed E-state index contributed by atoms with van der Waals surface area (Å²) in [6.07, 6.45) is 3.56. The summed E-state index contributed by atoms with van der Waals surface area (Å²) in [5.74, 6) is 1.31. The number of ether oxygens (including phenoxy) is 2. The van der Waals surface area contributed by atoms with E-state index in [0.29, 0.717) is 18.0 Å². The number of fused-ring (bicyclic) bond motifs is 1. The Bertz CT molecular complexity index is 896. The standard InChI is InChI=1S/C18H15N3O3S/c22-17(9-12-3-4-14-15(8-12)24-11-23-14)21-10-13-18(20-6-5-19-13)16-2-1-7-25-16/h1-8H,9-11H2,(H,21,22). The third kappa shape index (κ3) is 3.46. The highest BCUT2D eigenvalue weighted by molar-refractivity contribution is 7.13. The van der Waals surface area contributed by atoms with Gasteiger partial charge in [0.1, 0.15) is 5.69 Å². The zero-order valence-electron chi connectivity index (χ0n) is 13.3. The Morgan fingerprint density at radius 3 is 2.92 bits per heavy atom. The fraction of sp³-hybridized carbons (Fsp3) is 0.167. The molecule has 7 heteroatoms. The summed E-state index contributed by atoms with van der Waals surface area (Å²) >= 11 is 1.60. The first kappa shape index (κ1) is 15.6. The molecule has 0 radical (unpaired) electrons. The molecule has 0 atom stereocenters. The van der Waals surface area contributed by atoms with E-state index in [-0.39, 0.29) is 19.1 Å². The highest BCUT2D eigenvalue weighted by Gasteiger charge is 2.15. The second-order valence-corrected chi connectivity index (χ2v) is 6.42. The van der Waals surface area contributed by atoms with Gasteiger partial charge in [-0.2, -0.15) is 0 Å². The van der Waals surface area contributed by atoms with Crippen LogP contribution in [0.5, 0.6) is 11.5 Å². The van der Waals surface area contributed by atoms with Crippen LogP contribution < -0.4 is 14.8 Å². The molecule has 25 heavy (non-hydrogen) atoms. The molecule has 1 N–H and O–H groups in total. The van der Waals surface area contributed by atoms with E-state index in [2.05, 4.69) is 15.3 Å². The Morgan fingerprint density at radius 1 is 1.16 bits per heavy atom. The average molecular weight is 353 g/mol. The van der Waals surface area contributed by atoms with Gasteiger partial charge in [-0.05, 0) is 29.1 Å². The first-order chi connectivity index (χ1) is 12.3. The summed E-state index contributed by atoms with van der Waals surface area (Å²) in [6.45, 7) is 0.563. The number of rotatable bonds is 5. The summed E-state index contributed by atoms with van der Waals surface area (Å²) in [4.78, 5) is 22.0. The molecule has 1 amide bonds. The lowest BCUT2D eigenvalue weighted by atomic mass is 10.1. The number of carbonyl (C=O) groups is 1. The van der Waals surface area contributed by atoms with Gasteiger partial charge in [-0.3, -0.25) is 14.8 Å². The number of hydrogen-bond donors (Lipinski definition) is 1. The van der Waals surface area contributed by atoms with E-state index in [4.69, 9.17) is 9.47 Å². The molecule has 4 rings (SSSR count). The summed E-state index contributed by atoms with van der Waals surface area (Å²) in [6, 6.07) is 9.49. The van der Waals surface area contributed by atoms with Gasteiger partial charge in [0.25, 0.3) is 0 Å². The molecule has 2 aromatic heterocycles. The predicted molar refractivity (Wildman–Crippen MR) is 93.5 cm³/mol. The van der Waals surface area contributed by atoms with Crippen LogP contribution in [0.15, 0.2) is 48.1 Å². The molecular weight excluding hydrogens is 338 g/mol. The number of amides is 1. The van der Waals surface area contributed by atoms with Crippen LogP contribution in [0, 0.1) is 0 Å². The maximum atomic E-state index is 12.3. The van der Waals surface area contributed by atoms with Crippen LogP contribution in [-0.2, 0) is 17.8 Å². The van der Waals surface area contributed by atoms with Crippen LogP contribution in [0.25, 0.3) is 10.6 Å². The average Bonchev–Trinajstić information content (AvgIpc) is 3.31. The van der Waals surface area contributed by atoms with E-state index < -0.39 is 0 Å². The number of nitrogens with one attached hydrogen (secondary N) is 1. The molecule has 0 saturated carbocycles. The van der Waals surface area contributed by atoms with Crippen molar-refractivity contribution in [3.63, 3.8) is 0 Å². The Balaban J connectivity index is 1.41. The van der Waals surface area contributed by atoms with Crippen LogP contribution in [0.2, 0.25) is 0 Å². The number of benzene rings is 1. The Labute approximate surface area is 148 Å². The van der Waals surface area contributed by atoms with Gasteiger partial charge < -0.3 is 14.8 Å². The maximum Gasteiger partial charge on any atom is 0.231 e. The lowest BCUT2D eigenvalue weighted by Gasteiger charge is -2.08. The van der Waals surface area contributed by atoms with E-state index in [0.717, 1.165) is 21.8 Å². The smallest absolute Gasteiger partial charge is 0.231 e. The fourth-order valence-corrected chi connectivity index (χ4v) is 3.34. The molecule has 1 aliphatic heterocycles. The maximum absolute atomic E-state index is 12.3. The van der Waals surface area contributed by atoms with Crippen molar-refractivity contribution < 1.29 is 14.3 Å². The Hall–Kier alpha value is -2.93. The first-order valence-corrected chi connectivity index (χ1v) is 8.66. The van der Waals surface area contributed by atoms with Crippen molar-refractivity contribution in [2.45, 2.75) is 13.0 Å². The van der Waals surface area contributed by atoms with Crippen LogP contribution in [-0.4, -0.2) is 22.7 Å². The van der Waals surface area contributed by atoms with E-state index in [9.17, 15) is 4.79 Å². The number of nitrogens with zero attached hydrogens (tertiary/aromatic N) is 2. The van der Waals surface area contributed by atoms with Gasteiger partial charge in [0.15, 0.2) is 11.5 Å². The summed E-state index contributed by atoms with van der Waals surface area (Å²) in [5.41, 5.74) is 2.43. The zero-order valence-corrected chi connectivity index (χ0v) is 14.1. The molecule has 6 nitrogen and oxygen atoms in total. The minimum atomic E-state index is -0.0818. The van der Waals surface area contributed by atoms with Crippen molar-refractivity contribution in [2.75, 3.05) is 6.79 Å². The summed E-state index contributed by atoms with van der Waals surface area (Å²) < 4.78 is 10.6. The molecule has 0 saturated heterocycles. The summed E-state index contributed by atoms with van der Waals surface area (Å²) in [7, 11) is 0. The van der Waals surface area contributed by atoms with Crippen molar-refractivity contribution in [1.29, 1.82) is 0 Å². The highest BCUT2D eigenvalue weighted by atomic mass is 32.1. The molecule has 3 aromatic rings. The van der Waals surface area contributed by atoms with Crippen molar-refractivity contribution >= 4 is 17.2 Å². The highest BCUT2D eigenvalue weighted by Crippen LogP contribution is 2.32. The van der Waals surface area contributed by atoms with Gasteiger partial charge in [-0.15, -0.1) is 11.3 Å². The van der Waals surface area contributed by atoms with Crippen molar-refractivity contribution in [1.82, 2.24) is 15.3 Å². The van der Waals surface area contributed by atoms with Crippen LogP contribution in [0.3, 0.4) is 0 Å². The molecule has 3 heterocycles. The molecule has 0 aliphatic carbocycles.